The van der Waals surface area contributed by atoms with Crippen molar-refractivity contribution < 1.29 is 0 Å². The van der Waals surface area contributed by atoms with E-state index in [4.69, 9.17) is 0 Å². The maximum atomic E-state index is 11.5. The summed E-state index contributed by atoms with van der Waals surface area (Å²) in [6.45, 7) is 5.91. The zero-order valence-electron chi connectivity index (χ0n) is 11.1. The van der Waals surface area contributed by atoms with Crippen molar-refractivity contribution in [3.05, 3.63) is 10.5 Å². The summed E-state index contributed by atoms with van der Waals surface area (Å²) in [5, 5.41) is 11.6. The highest BCUT2D eigenvalue weighted by Gasteiger charge is 2.29. The maximum Gasteiger partial charge on any atom is 0.343 e. The van der Waals surface area contributed by atoms with E-state index in [2.05, 4.69) is 22.4 Å². The third-order valence-corrected chi connectivity index (χ3v) is 4.79. The number of hydrogen-bond acceptors (Lipinski definition) is 4. The van der Waals surface area contributed by atoms with Crippen LogP contribution in [0.3, 0.4) is 0 Å². The van der Waals surface area contributed by atoms with Gasteiger partial charge >= 0.3 is 5.69 Å². The van der Waals surface area contributed by atoms with Gasteiger partial charge < -0.3 is 5.32 Å². The molecule has 1 aliphatic rings. The van der Waals surface area contributed by atoms with E-state index in [-0.39, 0.29) is 5.69 Å². The lowest BCUT2D eigenvalue weighted by atomic mass is 10.2. The predicted molar refractivity (Wildman–Crippen MR) is 74.1 cm³/mol. The zero-order valence-corrected chi connectivity index (χ0v) is 11.9. The minimum Gasteiger partial charge on any atom is -0.313 e. The van der Waals surface area contributed by atoms with E-state index < -0.39 is 0 Å². The molecule has 0 radical (unpaired) electrons. The Morgan fingerprint density at radius 2 is 2.33 bits per heavy atom. The van der Waals surface area contributed by atoms with E-state index in [1.165, 1.54) is 19.3 Å². The highest BCUT2D eigenvalue weighted by molar-refractivity contribution is 7.99. The van der Waals surface area contributed by atoms with Crippen molar-refractivity contribution in [3.63, 3.8) is 0 Å². The van der Waals surface area contributed by atoms with E-state index >= 15 is 0 Å². The van der Waals surface area contributed by atoms with Crippen LogP contribution in [-0.2, 0) is 6.54 Å². The number of thioether (sulfide) groups is 1. The van der Waals surface area contributed by atoms with Gasteiger partial charge in [-0.2, -0.15) is 0 Å². The van der Waals surface area contributed by atoms with Crippen molar-refractivity contribution >= 4 is 11.8 Å². The van der Waals surface area contributed by atoms with E-state index in [1.54, 1.807) is 16.3 Å². The Morgan fingerprint density at radius 1 is 1.50 bits per heavy atom. The van der Waals surface area contributed by atoms with E-state index in [1.807, 2.05) is 6.92 Å². The first kappa shape index (κ1) is 13.7. The first-order valence-corrected chi connectivity index (χ1v) is 7.69. The Labute approximate surface area is 112 Å². The largest absolute Gasteiger partial charge is 0.343 e. The predicted octanol–water partition coefficient (Wildman–Crippen LogP) is 1.60. The minimum absolute atomic E-state index is 0.101. The number of H-pyrrole nitrogens is 1. The molecule has 6 heteroatoms. The first-order valence-electron chi connectivity index (χ1n) is 6.81. The highest BCUT2D eigenvalue weighted by atomic mass is 32.2. The monoisotopic (exact) mass is 270 g/mol. The number of hydrogen-bond donors (Lipinski definition) is 2. The molecule has 0 aromatic carbocycles. The average molecular weight is 270 g/mol. The van der Waals surface area contributed by atoms with Crippen LogP contribution in [0.25, 0.3) is 0 Å². The Balaban J connectivity index is 2.01. The molecule has 1 saturated carbocycles. The van der Waals surface area contributed by atoms with Crippen LogP contribution < -0.4 is 11.0 Å². The van der Waals surface area contributed by atoms with Gasteiger partial charge in [0, 0.05) is 17.8 Å². The highest BCUT2D eigenvalue weighted by Crippen LogP contribution is 2.33. The summed E-state index contributed by atoms with van der Waals surface area (Å²) in [6, 6.07) is 0.562. The summed E-state index contributed by atoms with van der Waals surface area (Å²) in [6.07, 6.45) is 4.87. The molecule has 0 amide bonds. The molecule has 102 valence electrons. The lowest BCUT2D eigenvalue weighted by molar-refractivity contribution is 0.529. The van der Waals surface area contributed by atoms with Crippen molar-refractivity contribution in [2.24, 2.45) is 0 Å². The molecule has 1 fully saturated rings. The Hall–Kier alpha value is -0.750. The van der Waals surface area contributed by atoms with Crippen LogP contribution in [0.5, 0.6) is 0 Å². The molecule has 0 bridgehead atoms. The van der Waals surface area contributed by atoms with Crippen LogP contribution in [0.15, 0.2) is 9.95 Å². The fourth-order valence-corrected chi connectivity index (χ4v) is 3.83. The van der Waals surface area contributed by atoms with Gasteiger partial charge in [0.25, 0.3) is 0 Å². The number of nitrogens with one attached hydrogen (secondary N) is 2. The second-order valence-electron chi connectivity index (χ2n) is 4.70. The van der Waals surface area contributed by atoms with Crippen molar-refractivity contribution in [3.8, 4) is 0 Å². The molecular formula is C12H22N4OS. The SMILES string of the molecule is CCCNC1CCCC1Sc1n[nH]c(=O)n1CC. The summed E-state index contributed by atoms with van der Waals surface area (Å²) in [5.41, 5.74) is -0.101. The molecular weight excluding hydrogens is 248 g/mol. The molecule has 0 saturated heterocycles. The summed E-state index contributed by atoms with van der Waals surface area (Å²) < 4.78 is 1.71. The standard InChI is InChI=1S/C12H22N4OS/c1-3-8-13-9-6-5-7-10(9)18-12-15-14-11(17)16(12)4-2/h9-10,13H,3-8H2,1-2H3,(H,14,17). The van der Waals surface area contributed by atoms with Crippen LogP contribution in [0, 0.1) is 0 Å². The second kappa shape index (κ2) is 6.43. The second-order valence-corrected chi connectivity index (χ2v) is 5.91. The van der Waals surface area contributed by atoms with Crippen molar-refractivity contribution in [2.75, 3.05) is 6.54 Å². The van der Waals surface area contributed by atoms with E-state index in [9.17, 15) is 4.79 Å². The van der Waals surface area contributed by atoms with Crippen LogP contribution in [0.2, 0.25) is 0 Å². The first-order chi connectivity index (χ1) is 8.76. The molecule has 2 atom stereocenters. The lowest BCUT2D eigenvalue weighted by Crippen LogP contribution is -2.34. The smallest absolute Gasteiger partial charge is 0.313 e. The quantitative estimate of drug-likeness (QED) is 0.824. The Bertz CT molecular complexity index is 428. The molecule has 18 heavy (non-hydrogen) atoms. The summed E-state index contributed by atoms with van der Waals surface area (Å²) >= 11 is 1.74. The van der Waals surface area contributed by atoms with Gasteiger partial charge in [-0.25, -0.2) is 9.89 Å². The van der Waals surface area contributed by atoms with Gasteiger partial charge in [-0.05, 0) is 32.7 Å². The molecule has 2 rings (SSSR count). The fourth-order valence-electron chi connectivity index (χ4n) is 2.44. The molecule has 2 N–H and O–H groups in total. The molecule has 0 aliphatic heterocycles. The summed E-state index contributed by atoms with van der Waals surface area (Å²) in [7, 11) is 0. The van der Waals surface area contributed by atoms with Gasteiger partial charge in [0.05, 0.1) is 0 Å². The van der Waals surface area contributed by atoms with Gasteiger partial charge in [0.2, 0.25) is 0 Å². The normalized spacial score (nSPS) is 23.7. The molecule has 1 aromatic heterocycles. The third-order valence-electron chi connectivity index (χ3n) is 3.41. The Morgan fingerprint density at radius 3 is 3.06 bits per heavy atom. The van der Waals surface area contributed by atoms with Gasteiger partial charge in [-0.15, -0.1) is 5.10 Å². The molecule has 0 spiro atoms. The molecule has 1 aliphatic carbocycles. The van der Waals surface area contributed by atoms with Crippen LogP contribution in [-0.4, -0.2) is 32.6 Å². The summed E-state index contributed by atoms with van der Waals surface area (Å²) in [5.74, 6) is 0. The summed E-state index contributed by atoms with van der Waals surface area (Å²) in [4.78, 5) is 11.5. The van der Waals surface area contributed by atoms with Crippen LogP contribution >= 0.6 is 11.8 Å². The lowest BCUT2D eigenvalue weighted by Gasteiger charge is -2.19. The van der Waals surface area contributed by atoms with Gasteiger partial charge in [0.15, 0.2) is 5.16 Å². The van der Waals surface area contributed by atoms with Gasteiger partial charge in [-0.3, -0.25) is 4.57 Å². The van der Waals surface area contributed by atoms with Gasteiger partial charge in [0.1, 0.15) is 0 Å². The molecule has 1 aromatic rings. The number of aromatic nitrogens is 3. The molecule has 5 nitrogen and oxygen atoms in total. The number of aromatic amines is 1. The van der Waals surface area contributed by atoms with Crippen molar-refractivity contribution in [1.29, 1.82) is 0 Å². The van der Waals surface area contributed by atoms with Crippen LogP contribution in [0.1, 0.15) is 39.5 Å². The number of nitrogens with zero attached hydrogens (tertiary/aromatic N) is 2. The van der Waals surface area contributed by atoms with E-state index in [0.717, 1.165) is 18.1 Å². The minimum atomic E-state index is -0.101. The number of rotatable bonds is 6. The Kier molecular flexibility index (Phi) is 4.88. The van der Waals surface area contributed by atoms with Crippen molar-refractivity contribution in [2.45, 2.75) is 62.5 Å². The average Bonchev–Trinajstić information content (AvgIpc) is 2.94. The molecule has 2 unspecified atom stereocenters. The third kappa shape index (κ3) is 2.98. The maximum absolute atomic E-state index is 11.5. The molecule has 1 heterocycles. The fraction of sp³-hybridized carbons (Fsp3) is 0.833. The van der Waals surface area contributed by atoms with Crippen LogP contribution in [0.4, 0.5) is 0 Å². The topological polar surface area (TPSA) is 62.7 Å². The van der Waals surface area contributed by atoms with E-state index in [0.29, 0.717) is 17.8 Å². The zero-order chi connectivity index (χ0) is 13.0. The van der Waals surface area contributed by atoms with Gasteiger partial charge in [-0.1, -0.05) is 25.1 Å². The van der Waals surface area contributed by atoms with Crippen molar-refractivity contribution in [1.82, 2.24) is 20.1 Å².